The summed E-state index contributed by atoms with van der Waals surface area (Å²) >= 11 is 6.11. The molecule has 114 valence electrons. The maximum absolute atomic E-state index is 12.2. The van der Waals surface area contributed by atoms with Crippen molar-refractivity contribution in [3.8, 4) is 0 Å². The molecule has 1 saturated carbocycles. The van der Waals surface area contributed by atoms with Gasteiger partial charge in [0.15, 0.2) is 11.0 Å². The van der Waals surface area contributed by atoms with Gasteiger partial charge in [0.25, 0.3) is 0 Å². The van der Waals surface area contributed by atoms with E-state index >= 15 is 0 Å². The van der Waals surface area contributed by atoms with Gasteiger partial charge in [-0.15, -0.1) is 0 Å². The quantitative estimate of drug-likeness (QED) is 0.860. The van der Waals surface area contributed by atoms with Crippen LogP contribution >= 0.6 is 11.6 Å². The molecule has 7 heteroatoms. The molecule has 2 aliphatic rings. The number of carbonyl (C=O) groups is 1. The molecule has 0 spiro atoms. The van der Waals surface area contributed by atoms with E-state index < -0.39 is 0 Å². The van der Waals surface area contributed by atoms with E-state index in [9.17, 15) is 4.79 Å². The van der Waals surface area contributed by atoms with Crippen LogP contribution in [0.15, 0.2) is 6.33 Å². The number of nitrogens with one attached hydrogen (secondary N) is 1. The van der Waals surface area contributed by atoms with Gasteiger partial charge in [0, 0.05) is 39.1 Å². The zero-order valence-corrected chi connectivity index (χ0v) is 12.9. The normalized spacial score (nSPS) is 19.3. The van der Waals surface area contributed by atoms with Gasteiger partial charge in [-0.3, -0.25) is 4.79 Å². The molecule has 1 N–H and O–H groups in total. The number of nitrogens with zero attached hydrogens (tertiary/aromatic N) is 4. The second-order valence-corrected chi connectivity index (χ2v) is 5.91. The molecule has 1 saturated heterocycles. The summed E-state index contributed by atoms with van der Waals surface area (Å²) < 4.78 is 0. The molecule has 1 aliphatic heterocycles. The summed E-state index contributed by atoms with van der Waals surface area (Å²) in [7, 11) is 1.81. The van der Waals surface area contributed by atoms with Crippen molar-refractivity contribution in [3.63, 3.8) is 0 Å². The summed E-state index contributed by atoms with van der Waals surface area (Å²) in [5.74, 6) is 1.43. The summed E-state index contributed by atoms with van der Waals surface area (Å²) in [6.45, 7) is 3.23. The lowest BCUT2D eigenvalue weighted by atomic mass is 10.3. The van der Waals surface area contributed by atoms with Crippen LogP contribution in [0.1, 0.15) is 19.3 Å². The predicted octanol–water partition coefficient (Wildman–Crippen LogP) is 1.62. The summed E-state index contributed by atoms with van der Waals surface area (Å²) in [6.07, 6.45) is 4.55. The topological polar surface area (TPSA) is 61.4 Å². The second kappa shape index (κ2) is 6.05. The van der Waals surface area contributed by atoms with E-state index in [0.29, 0.717) is 11.1 Å². The van der Waals surface area contributed by atoms with E-state index in [-0.39, 0.29) is 5.92 Å². The first-order valence-corrected chi connectivity index (χ1v) is 7.80. The third-order valence-corrected chi connectivity index (χ3v) is 4.35. The Labute approximate surface area is 129 Å². The summed E-state index contributed by atoms with van der Waals surface area (Å²) in [5, 5.41) is 3.49. The highest BCUT2D eigenvalue weighted by Crippen LogP contribution is 2.32. The van der Waals surface area contributed by atoms with Crippen LogP contribution in [0.3, 0.4) is 0 Å². The number of aromatic nitrogens is 2. The SMILES string of the molecule is CNc1c(Cl)ncnc1N1CCCN(C(=O)C2CC2)CC1. The number of amides is 1. The molecular formula is C14H20ClN5O. The number of halogens is 1. The summed E-state index contributed by atoms with van der Waals surface area (Å²) in [4.78, 5) is 24.7. The number of hydrogen-bond acceptors (Lipinski definition) is 5. The summed E-state index contributed by atoms with van der Waals surface area (Å²) in [5.41, 5.74) is 0.751. The lowest BCUT2D eigenvalue weighted by Gasteiger charge is -2.24. The van der Waals surface area contributed by atoms with Crippen molar-refractivity contribution >= 4 is 29.0 Å². The van der Waals surface area contributed by atoms with Crippen LogP contribution in [0.5, 0.6) is 0 Å². The highest BCUT2D eigenvalue weighted by atomic mass is 35.5. The van der Waals surface area contributed by atoms with Crippen molar-refractivity contribution in [2.45, 2.75) is 19.3 Å². The number of anilines is 2. The Balaban J connectivity index is 1.72. The third-order valence-electron chi connectivity index (χ3n) is 4.06. The van der Waals surface area contributed by atoms with E-state index in [2.05, 4.69) is 20.2 Å². The smallest absolute Gasteiger partial charge is 0.225 e. The van der Waals surface area contributed by atoms with Gasteiger partial charge in [-0.1, -0.05) is 11.6 Å². The van der Waals surface area contributed by atoms with E-state index in [0.717, 1.165) is 56.9 Å². The average Bonchev–Trinajstić information content (AvgIpc) is 3.32. The Morgan fingerprint density at radius 3 is 2.81 bits per heavy atom. The molecule has 0 unspecified atom stereocenters. The van der Waals surface area contributed by atoms with Gasteiger partial charge in [-0.05, 0) is 19.3 Å². The van der Waals surface area contributed by atoms with Crippen LogP contribution in [-0.2, 0) is 4.79 Å². The van der Waals surface area contributed by atoms with E-state index in [1.807, 2.05) is 11.9 Å². The first-order valence-electron chi connectivity index (χ1n) is 7.42. The van der Waals surface area contributed by atoms with Gasteiger partial charge in [0.05, 0.1) is 0 Å². The maximum Gasteiger partial charge on any atom is 0.225 e. The molecule has 3 rings (SSSR count). The number of rotatable bonds is 3. The standard InChI is InChI=1S/C14H20ClN5O/c1-16-11-12(15)17-9-18-13(11)19-5-2-6-20(8-7-19)14(21)10-3-4-10/h9-10,16H,2-8H2,1H3. The van der Waals surface area contributed by atoms with Crippen LogP contribution in [0.2, 0.25) is 5.15 Å². The zero-order valence-electron chi connectivity index (χ0n) is 12.2. The van der Waals surface area contributed by atoms with Crippen molar-refractivity contribution in [1.29, 1.82) is 0 Å². The van der Waals surface area contributed by atoms with Crippen molar-refractivity contribution < 1.29 is 4.79 Å². The monoisotopic (exact) mass is 309 g/mol. The minimum atomic E-state index is 0.290. The minimum absolute atomic E-state index is 0.290. The molecule has 21 heavy (non-hydrogen) atoms. The van der Waals surface area contributed by atoms with Crippen molar-refractivity contribution in [3.05, 3.63) is 11.5 Å². The van der Waals surface area contributed by atoms with E-state index in [1.54, 1.807) is 0 Å². The molecule has 0 atom stereocenters. The molecule has 1 aromatic heterocycles. The van der Waals surface area contributed by atoms with E-state index in [4.69, 9.17) is 11.6 Å². The van der Waals surface area contributed by atoms with Gasteiger partial charge in [0.1, 0.15) is 12.0 Å². The first kappa shape index (κ1) is 14.4. The molecule has 2 heterocycles. The molecule has 6 nitrogen and oxygen atoms in total. The Bertz CT molecular complexity index is 534. The minimum Gasteiger partial charge on any atom is -0.383 e. The molecule has 1 aliphatic carbocycles. The Morgan fingerprint density at radius 1 is 1.29 bits per heavy atom. The van der Waals surface area contributed by atoms with Crippen LogP contribution in [0.4, 0.5) is 11.5 Å². The van der Waals surface area contributed by atoms with Crippen LogP contribution in [0, 0.1) is 5.92 Å². The second-order valence-electron chi connectivity index (χ2n) is 5.55. The Hall–Kier alpha value is -1.56. The van der Waals surface area contributed by atoms with Gasteiger partial charge in [-0.25, -0.2) is 9.97 Å². The summed E-state index contributed by atoms with van der Waals surface area (Å²) in [6, 6.07) is 0. The van der Waals surface area contributed by atoms with Gasteiger partial charge in [0.2, 0.25) is 5.91 Å². The highest BCUT2D eigenvalue weighted by Gasteiger charge is 2.34. The molecule has 2 fully saturated rings. The largest absolute Gasteiger partial charge is 0.383 e. The first-order chi connectivity index (χ1) is 10.2. The van der Waals surface area contributed by atoms with Crippen LogP contribution < -0.4 is 10.2 Å². The van der Waals surface area contributed by atoms with Gasteiger partial charge >= 0.3 is 0 Å². The van der Waals surface area contributed by atoms with Gasteiger partial charge in [-0.2, -0.15) is 0 Å². The fourth-order valence-electron chi connectivity index (χ4n) is 2.75. The Kier molecular flexibility index (Phi) is 4.14. The zero-order chi connectivity index (χ0) is 14.8. The molecule has 0 bridgehead atoms. The highest BCUT2D eigenvalue weighted by molar-refractivity contribution is 6.32. The number of carbonyl (C=O) groups excluding carboxylic acids is 1. The fourth-order valence-corrected chi connectivity index (χ4v) is 2.97. The van der Waals surface area contributed by atoms with Crippen molar-refractivity contribution in [2.75, 3.05) is 43.4 Å². The molecule has 0 aromatic carbocycles. The Morgan fingerprint density at radius 2 is 2.10 bits per heavy atom. The third kappa shape index (κ3) is 3.05. The maximum atomic E-state index is 12.2. The van der Waals surface area contributed by atoms with Crippen molar-refractivity contribution in [1.82, 2.24) is 14.9 Å². The van der Waals surface area contributed by atoms with Gasteiger partial charge < -0.3 is 15.1 Å². The number of hydrogen-bond donors (Lipinski definition) is 1. The molecular weight excluding hydrogens is 290 g/mol. The molecule has 1 aromatic rings. The van der Waals surface area contributed by atoms with Crippen LogP contribution in [0.25, 0.3) is 0 Å². The molecule has 0 radical (unpaired) electrons. The lowest BCUT2D eigenvalue weighted by Crippen LogP contribution is -2.36. The van der Waals surface area contributed by atoms with Crippen LogP contribution in [-0.4, -0.2) is 54.0 Å². The predicted molar refractivity (Wildman–Crippen MR) is 82.7 cm³/mol. The molecule has 1 amide bonds. The average molecular weight is 310 g/mol. The van der Waals surface area contributed by atoms with Crippen molar-refractivity contribution in [2.24, 2.45) is 5.92 Å². The lowest BCUT2D eigenvalue weighted by molar-refractivity contribution is -0.132. The fraction of sp³-hybridized carbons (Fsp3) is 0.643. The van der Waals surface area contributed by atoms with E-state index in [1.165, 1.54) is 6.33 Å².